The second-order valence-corrected chi connectivity index (χ2v) is 24.8. The van der Waals surface area contributed by atoms with Gasteiger partial charge in [0, 0.05) is 0 Å². The van der Waals surface area contributed by atoms with E-state index in [2.05, 4.69) is 139 Å². The summed E-state index contributed by atoms with van der Waals surface area (Å²) in [6.07, 6.45) is 0. The van der Waals surface area contributed by atoms with Gasteiger partial charge >= 0.3 is 211 Å². The molecule has 4 nitrogen and oxygen atoms in total. The Bertz CT molecular complexity index is 883. The molecule has 0 aliphatic heterocycles. The van der Waals surface area contributed by atoms with E-state index in [-0.39, 0.29) is 21.7 Å². The van der Waals surface area contributed by atoms with Gasteiger partial charge in [0.25, 0.3) is 0 Å². The minimum absolute atomic E-state index is 0.0259. The van der Waals surface area contributed by atoms with Crippen molar-refractivity contribution in [1.29, 1.82) is 0 Å². The van der Waals surface area contributed by atoms with Crippen molar-refractivity contribution in [1.82, 2.24) is 15.7 Å². The summed E-state index contributed by atoms with van der Waals surface area (Å²) in [5, 5.41) is 0. The van der Waals surface area contributed by atoms with Crippen LogP contribution in [0.5, 0.6) is 0 Å². The number of H-pyrrole nitrogens is 2. The molecule has 0 bridgehead atoms. The van der Waals surface area contributed by atoms with Crippen LogP contribution in [0.15, 0.2) is 12.1 Å². The first-order valence-corrected chi connectivity index (χ1v) is 17.0. The van der Waals surface area contributed by atoms with Crippen LogP contribution >= 0.6 is 0 Å². The summed E-state index contributed by atoms with van der Waals surface area (Å²) in [4.78, 5) is 7.86. The molecule has 2 aromatic heterocycles. The van der Waals surface area contributed by atoms with Gasteiger partial charge in [-0.05, 0) is 0 Å². The average Bonchev–Trinajstić information content (AvgIpc) is 3.18. The Morgan fingerprint density at radius 3 is 0.970 bits per heavy atom. The summed E-state index contributed by atoms with van der Waals surface area (Å²) >= 11 is -3.59. The van der Waals surface area contributed by atoms with Gasteiger partial charge in [0.2, 0.25) is 0 Å². The fourth-order valence-electron chi connectivity index (χ4n) is 4.96. The number of nitrogens with zero attached hydrogens (tertiary/aromatic N) is 2. The zero-order chi connectivity index (χ0) is 25.9. The molecule has 2 N–H and O–H groups in total. The summed E-state index contributed by atoms with van der Waals surface area (Å²) in [5.41, 5.74) is 5.63. The maximum absolute atomic E-state index is 3.93. The van der Waals surface area contributed by atoms with Crippen LogP contribution in [0.2, 0.25) is 0 Å². The second-order valence-electron chi connectivity index (χ2n) is 14.4. The molecule has 0 atom stereocenters. The predicted molar refractivity (Wildman–Crippen MR) is 143 cm³/mol. The van der Waals surface area contributed by atoms with Gasteiger partial charge in [0.1, 0.15) is 0 Å². The van der Waals surface area contributed by atoms with Gasteiger partial charge in [-0.2, -0.15) is 0 Å². The first-order chi connectivity index (χ1) is 14.6. The molecule has 2 rings (SSSR count). The molecule has 0 unspecified atom stereocenters. The molecule has 0 radical (unpaired) electrons. The molecule has 0 amide bonds. The Labute approximate surface area is 210 Å². The predicted octanol–water partition coefficient (Wildman–Crippen LogP) is 5.59. The topological polar surface area (TPSA) is 38.1 Å². The molecule has 188 valence electrons. The molecule has 0 aromatic carbocycles. The number of aromatic nitrogens is 2. The van der Waals surface area contributed by atoms with Crippen LogP contribution in [0.4, 0.5) is 0 Å². The molecular formula is C28H52N4Zr. The van der Waals surface area contributed by atoms with Crippen LogP contribution in [0.3, 0.4) is 0 Å². The molecule has 2 heterocycles. The second kappa shape index (κ2) is 8.79. The van der Waals surface area contributed by atoms with Gasteiger partial charge in [0.05, 0.1) is 0 Å². The Balaban J connectivity index is 3.13. The van der Waals surface area contributed by atoms with Crippen molar-refractivity contribution in [2.75, 3.05) is 28.2 Å². The van der Waals surface area contributed by atoms with E-state index in [0.29, 0.717) is 0 Å². The first-order valence-electron chi connectivity index (χ1n) is 12.4. The quantitative estimate of drug-likeness (QED) is 0.536. The molecule has 0 spiro atoms. The zero-order valence-corrected chi connectivity index (χ0v) is 27.0. The summed E-state index contributed by atoms with van der Waals surface area (Å²) in [5.74, 6) is 0. The third-order valence-electron chi connectivity index (χ3n) is 6.80. The average molecular weight is 536 g/mol. The molecule has 33 heavy (non-hydrogen) atoms. The number of hydrogen-bond donors (Lipinski definition) is 2. The van der Waals surface area contributed by atoms with Crippen LogP contribution in [-0.4, -0.2) is 43.8 Å². The van der Waals surface area contributed by atoms with Crippen molar-refractivity contribution < 1.29 is 20.8 Å². The SMILES string of the molecule is C[N](C)[Zr]([c]1cc(C(C)(C)C)[nH]c1C(C)(C)C)([c]1cc(C(C)(C)C)[nH]c1C(C)(C)C)[N](C)C. The van der Waals surface area contributed by atoms with E-state index in [9.17, 15) is 0 Å². The Morgan fingerprint density at radius 2 is 0.788 bits per heavy atom. The molecule has 0 aliphatic carbocycles. The summed E-state index contributed by atoms with van der Waals surface area (Å²) in [6, 6.07) is 5.04. The molecule has 0 aliphatic rings. The van der Waals surface area contributed by atoms with Gasteiger partial charge in [-0.15, -0.1) is 0 Å². The van der Waals surface area contributed by atoms with E-state index in [1.54, 1.807) is 6.54 Å². The van der Waals surface area contributed by atoms with Crippen molar-refractivity contribution in [3.05, 3.63) is 34.9 Å². The third-order valence-corrected chi connectivity index (χ3v) is 18.8. The van der Waals surface area contributed by atoms with Crippen LogP contribution in [0, 0.1) is 0 Å². The van der Waals surface area contributed by atoms with Crippen LogP contribution in [-0.2, 0) is 42.5 Å². The van der Waals surface area contributed by atoms with Gasteiger partial charge in [-0.1, -0.05) is 0 Å². The van der Waals surface area contributed by atoms with E-state index < -0.39 is 20.8 Å². The fraction of sp³-hybridized carbons (Fsp3) is 0.714. The minimum atomic E-state index is -3.59. The number of rotatable bonds is 4. The first kappa shape index (κ1) is 28.6. The Kier molecular flexibility index (Phi) is 7.62. The van der Waals surface area contributed by atoms with Crippen molar-refractivity contribution in [3.63, 3.8) is 0 Å². The summed E-state index contributed by atoms with van der Waals surface area (Å²) < 4.78 is 8.29. The number of nitrogens with one attached hydrogen (secondary N) is 2. The van der Waals surface area contributed by atoms with Crippen LogP contribution in [0.25, 0.3) is 0 Å². The normalized spacial score (nSPS) is 14.6. The molecular weight excluding hydrogens is 484 g/mol. The molecule has 2 aromatic rings. The number of hydrogen-bond acceptors (Lipinski definition) is 2. The van der Waals surface area contributed by atoms with Crippen molar-refractivity contribution >= 4 is 6.54 Å². The van der Waals surface area contributed by atoms with E-state index >= 15 is 0 Å². The monoisotopic (exact) mass is 534 g/mol. The zero-order valence-electron chi connectivity index (χ0n) is 24.5. The van der Waals surface area contributed by atoms with Gasteiger partial charge in [-0.25, -0.2) is 0 Å². The standard InChI is InChI=1S/2C12H20N.2C2H6N.Zr/c2*1-11(2,3)9-7-8-10(13-9)12(4,5)6;2*1-3-2;/h2*7,13H,1-6H3;2*1-2H3;/q;;2*-1;+2. The van der Waals surface area contributed by atoms with E-state index in [4.69, 9.17) is 0 Å². The summed E-state index contributed by atoms with van der Waals surface area (Å²) in [6.45, 7) is 27.9. The van der Waals surface area contributed by atoms with Gasteiger partial charge in [0.15, 0.2) is 0 Å². The van der Waals surface area contributed by atoms with Crippen LogP contribution < -0.4 is 6.54 Å². The third kappa shape index (κ3) is 5.31. The van der Waals surface area contributed by atoms with E-state index in [1.807, 2.05) is 0 Å². The molecule has 5 heteroatoms. The van der Waals surface area contributed by atoms with Crippen molar-refractivity contribution in [2.24, 2.45) is 0 Å². The Hall–Kier alpha value is -0.637. The van der Waals surface area contributed by atoms with Gasteiger partial charge in [-0.3, -0.25) is 0 Å². The fourth-order valence-corrected chi connectivity index (χ4v) is 17.9. The van der Waals surface area contributed by atoms with Crippen LogP contribution in [0.1, 0.15) is 106 Å². The van der Waals surface area contributed by atoms with Crippen molar-refractivity contribution in [3.8, 4) is 0 Å². The van der Waals surface area contributed by atoms with Gasteiger partial charge < -0.3 is 0 Å². The molecule has 0 saturated heterocycles. The van der Waals surface area contributed by atoms with Crippen molar-refractivity contribution in [2.45, 2.75) is 105 Å². The Morgan fingerprint density at radius 1 is 0.515 bits per heavy atom. The molecule has 0 saturated carbocycles. The summed E-state index contributed by atoms with van der Waals surface area (Å²) in [7, 11) is 9.23. The molecule has 0 fully saturated rings. The maximum atomic E-state index is 3.93. The van der Waals surface area contributed by atoms with E-state index in [0.717, 1.165) is 0 Å². The number of aromatic amines is 2. The van der Waals surface area contributed by atoms with E-state index in [1.165, 1.54) is 22.8 Å².